The van der Waals surface area contributed by atoms with Gasteiger partial charge in [-0.3, -0.25) is 0 Å². The molecular weight excluding hydrogens is 305 g/mol. The first kappa shape index (κ1) is 15.3. The highest BCUT2D eigenvalue weighted by Gasteiger charge is 2.21. The molecular formula is C13H11F3N2O2S. The fraction of sp³-hybridized carbons (Fsp3) is 0.231. The van der Waals surface area contributed by atoms with Crippen LogP contribution in [0.5, 0.6) is 0 Å². The van der Waals surface area contributed by atoms with Crippen molar-refractivity contribution < 1.29 is 22.7 Å². The van der Waals surface area contributed by atoms with E-state index in [0.717, 1.165) is 11.5 Å². The number of ether oxygens (including phenoxy) is 1. The maximum Gasteiger partial charge on any atom is 0.343 e. The van der Waals surface area contributed by atoms with E-state index in [1.807, 2.05) is 0 Å². The number of aromatic nitrogens is 1. The van der Waals surface area contributed by atoms with E-state index in [-0.39, 0.29) is 22.9 Å². The number of hydrogen-bond donors (Lipinski definition) is 1. The summed E-state index contributed by atoms with van der Waals surface area (Å²) in [7, 11) is 0. The Hall–Kier alpha value is -2.09. The van der Waals surface area contributed by atoms with E-state index < -0.39 is 23.4 Å². The van der Waals surface area contributed by atoms with Crippen LogP contribution in [0.2, 0.25) is 0 Å². The van der Waals surface area contributed by atoms with Gasteiger partial charge in [0.2, 0.25) is 0 Å². The minimum Gasteiger partial charge on any atom is -0.462 e. The Bertz CT molecular complexity index is 688. The van der Waals surface area contributed by atoms with Crippen LogP contribution in [0.25, 0.3) is 0 Å². The Morgan fingerprint density at radius 3 is 2.62 bits per heavy atom. The molecule has 1 aromatic heterocycles. The molecule has 0 saturated carbocycles. The van der Waals surface area contributed by atoms with Crippen molar-refractivity contribution in [3.8, 4) is 0 Å². The third-order valence-electron chi connectivity index (χ3n) is 2.60. The summed E-state index contributed by atoms with van der Waals surface area (Å²) in [5.74, 6) is -4.08. The summed E-state index contributed by atoms with van der Waals surface area (Å²) in [5.41, 5.74) is 0.262. The lowest BCUT2D eigenvalue weighted by Gasteiger charge is -2.08. The van der Waals surface area contributed by atoms with Gasteiger partial charge in [0.1, 0.15) is 16.4 Å². The molecule has 2 rings (SSSR count). The Kier molecular flexibility index (Phi) is 4.46. The topological polar surface area (TPSA) is 51.2 Å². The second kappa shape index (κ2) is 6.13. The lowest BCUT2D eigenvalue weighted by molar-refractivity contribution is 0.0527. The summed E-state index contributed by atoms with van der Waals surface area (Å²) in [6.45, 7) is 3.41. The molecule has 0 aliphatic carbocycles. The molecule has 0 amide bonds. The van der Waals surface area contributed by atoms with Gasteiger partial charge in [-0.15, -0.1) is 0 Å². The predicted molar refractivity (Wildman–Crippen MR) is 72.4 cm³/mol. The van der Waals surface area contributed by atoms with Gasteiger partial charge in [0, 0.05) is 12.1 Å². The monoisotopic (exact) mass is 316 g/mol. The predicted octanol–water partition coefficient (Wildman–Crippen LogP) is 3.79. The quantitative estimate of drug-likeness (QED) is 0.689. The number of esters is 1. The van der Waals surface area contributed by atoms with Crippen molar-refractivity contribution in [3.63, 3.8) is 0 Å². The zero-order valence-electron chi connectivity index (χ0n) is 11.2. The first-order valence-electron chi connectivity index (χ1n) is 5.99. The fourth-order valence-electron chi connectivity index (χ4n) is 1.64. The Morgan fingerprint density at radius 2 is 1.95 bits per heavy atom. The first-order valence-corrected chi connectivity index (χ1v) is 6.76. The lowest BCUT2D eigenvalue weighted by atomic mass is 10.2. The first-order chi connectivity index (χ1) is 9.93. The van der Waals surface area contributed by atoms with Crippen LogP contribution < -0.4 is 5.32 Å². The van der Waals surface area contributed by atoms with Crippen molar-refractivity contribution >= 4 is 28.2 Å². The molecule has 21 heavy (non-hydrogen) atoms. The van der Waals surface area contributed by atoms with E-state index in [0.29, 0.717) is 17.8 Å². The van der Waals surface area contributed by atoms with E-state index in [9.17, 15) is 18.0 Å². The fourth-order valence-corrected chi connectivity index (χ4v) is 2.44. The molecule has 0 saturated heterocycles. The van der Waals surface area contributed by atoms with E-state index in [2.05, 4.69) is 9.69 Å². The maximum atomic E-state index is 13.6. The minimum absolute atomic E-state index is 0.144. The van der Waals surface area contributed by atoms with Crippen LogP contribution in [0.3, 0.4) is 0 Å². The Morgan fingerprint density at radius 1 is 1.29 bits per heavy atom. The lowest BCUT2D eigenvalue weighted by Crippen LogP contribution is -2.08. The van der Waals surface area contributed by atoms with Crippen molar-refractivity contribution in [3.05, 3.63) is 40.8 Å². The number of carbonyl (C=O) groups is 1. The van der Waals surface area contributed by atoms with Crippen molar-refractivity contribution in [1.82, 2.24) is 4.37 Å². The second-order valence-corrected chi connectivity index (χ2v) is 4.84. The third-order valence-corrected chi connectivity index (χ3v) is 3.45. The van der Waals surface area contributed by atoms with E-state index in [4.69, 9.17) is 4.74 Å². The smallest absolute Gasteiger partial charge is 0.343 e. The highest BCUT2D eigenvalue weighted by Crippen LogP contribution is 2.30. The summed E-state index contributed by atoms with van der Waals surface area (Å²) in [6.07, 6.45) is 0. The van der Waals surface area contributed by atoms with Crippen molar-refractivity contribution in [2.24, 2.45) is 0 Å². The van der Waals surface area contributed by atoms with Crippen LogP contribution in [-0.2, 0) is 4.74 Å². The van der Waals surface area contributed by atoms with Gasteiger partial charge >= 0.3 is 5.97 Å². The summed E-state index contributed by atoms with van der Waals surface area (Å²) in [6, 6.07) is 1.10. The van der Waals surface area contributed by atoms with Gasteiger partial charge in [-0.25, -0.2) is 18.0 Å². The summed E-state index contributed by atoms with van der Waals surface area (Å²) in [4.78, 5) is 11.8. The third kappa shape index (κ3) is 3.15. The molecule has 0 aliphatic rings. The molecule has 0 unspecified atom stereocenters. The van der Waals surface area contributed by atoms with Gasteiger partial charge in [0.25, 0.3) is 0 Å². The van der Waals surface area contributed by atoms with Crippen LogP contribution in [0.4, 0.5) is 23.9 Å². The molecule has 0 bridgehead atoms. The summed E-state index contributed by atoms with van der Waals surface area (Å²) < 4.78 is 48.5. The molecule has 1 N–H and O–H groups in total. The van der Waals surface area contributed by atoms with E-state index in [1.54, 1.807) is 13.8 Å². The van der Waals surface area contributed by atoms with Gasteiger partial charge in [0.15, 0.2) is 11.6 Å². The van der Waals surface area contributed by atoms with Gasteiger partial charge in [-0.2, -0.15) is 4.37 Å². The highest BCUT2D eigenvalue weighted by molar-refractivity contribution is 7.10. The van der Waals surface area contributed by atoms with Crippen LogP contribution in [0.15, 0.2) is 12.1 Å². The van der Waals surface area contributed by atoms with Gasteiger partial charge in [0.05, 0.1) is 18.0 Å². The molecule has 112 valence electrons. The van der Waals surface area contributed by atoms with Gasteiger partial charge in [-0.1, -0.05) is 0 Å². The zero-order chi connectivity index (χ0) is 15.6. The molecule has 8 heteroatoms. The number of nitrogens with zero attached hydrogens (tertiary/aromatic N) is 1. The van der Waals surface area contributed by atoms with Gasteiger partial charge in [-0.05, 0) is 25.4 Å². The van der Waals surface area contributed by atoms with Crippen LogP contribution >= 0.6 is 11.5 Å². The zero-order valence-corrected chi connectivity index (χ0v) is 12.0. The normalized spacial score (nSPS) is 10.5. The average molecular weight is 316 g/mol. The minimum atomic E-state index is -1.29. The molecule has 0 atom stereocenters. The number of benzene rings is 1. The molecule has 0 spiro atoms. The molecule has 0 aliphatic heterocycles. The van der Waals surface area contributed by atoms with Gasteiger partial charge < -0.3 is 10.1 Å². The number of hydrogen-bond acceptors (Lipinski definition) is 5. The number of carbonyl (C=O) groups excluding carboxylic acids is 1. The summed E-state index contributed by atoms with van der Waals surface area (Å²) in [5, 5.41) is 2.75. The number of nitrogens with one attached hydrogen (secondary N) is 1. The summed E-state index contributed by atoms with van der Waals surface area (Å²) >= 11 is 0.899. The molecule has 2 aromatic rings. The molecule has 1 aromatic carbocycles. The van der Waals surface area contributed by atoms with Crippen LogP contribution in [0.1, 0.15) is 23.0 Å². The van der Waals surface area contributed by atoms with Crippen molar-refractivity contribution in [2.45, 2.75) is 13.8 Å². The molecule has 4 nitrogen and oxygen atoms in total. The molecule has 1 heterocycles. The Labute approximate surface area is 122 Å². The number of anilines is 2. The van der Waals surface area contributed by atoms with E-state index in [1.165, 1.54) is 0 Å². The maximum absolute atomic E-state index is 13.6. The Balaban J connectivity index is 2.37. The molecule has 0 radical (unpaired) electrons. The largest absolute Gasteiger partial charge is 0.462 e. The standard InChI is InChI=1S/C13H11F3N2O2S/c1-3-20-13(19)11-6(2)18-21-12(11)17-10-5-8(15)7(14)4-9(10)16/h4-5,17H,3H2,1-2H3. The van der Waals surface area contributed by atoms with Crippen molar-refractivity contribution in [2.75, 3.05) is 11.9 Å². The second-order valence-electron chi connectivity index (χ2n) is 4.06. The average Bonchev–Trinajstić information content (AvgIpc) is 2.77. The SMILES string of the molecule is CCOC(=O)c1c(C)nsc1Nc1cc(F)c(F)cc1F. The number of aryl methyl sites for hydroxylation is 1. The van der Waals surface area contributed by atoms with Crippen LogP contribution in [0, 0.1) is 24.4 Å². The number of rotatable bonds is 4. The highest BCUT2D eigenvalue weighted by atomic mass is 32.1. The van der Waals surface area contributed by atoms with Crippen molar-refractivity contribution in [1.29, 1.82) is 0 Å². The van der Waals surface area contributed by atoms with Crippen LogP contribution in [-0.4, -0.2) is 16.9 Å². The van der Waals surface area contributed by atoms with E-state index >= 15 is 0 Å². The molecule has 0 fully saturated rings. The number of halogens is 3.